The molecule has 5 nitrogen and oxygen atoms in total. The predicted molar refractivity (Wildman–Crippen MR) is 93.8 cm³/mol. The Labute approximate surface area is 142 Å². The van der Waals surface area contributed by atoms with Crippen LogP contribution >= 0.6 is 0 Å². The van der Waals surface area contributed by atoms with Crippen molar-refractivity contribution in [1.82, 2.24) is 4.90 Å². The first kappa shape index (κ1) is 17.5. The molecule has 0 radical (unpaired) electrons. The molecule has 2 rings (SSSR count). The summed E-state index contributed by atoms with van der Waals surface area (Å²) < 4.78 is 5.63. The third-order valence-corrected chi connectivity index (χ3v) is 3.48. The van der Waals surface area contributed by atoms with Crippen molar-refractivity contribution < 1.29 is 9.53 Å². The second kappa shape index (κ2) is 9.33. The van der Waals surface area contributed by atoms with Gasteiger partial charge in [0, 0.05) is 25.2 Å². The summed E-state index contributed by atoms with van der Waals surface area (Å²) in [5.74, 6) is 0.780. The topological polar surface area (TPSA) is 65.4 Å². The zero-order valence-electron chi connectivity index (χ0n) is 13.7. The Hall–Kier alpha value is -2.84. The Kier molecular flexibility index (Phi) is 6.81. The first-order valence-electron chi connectivity index (χ1n) is 7.84. The SMILES string of the molecule is CN(CCOc1ccccc1)CCC(=O)Nc1cccc(C#N)c1. The number of anilines is 1. The molecule has 0 aromatic heterocycles. The fourth-order valence-corrected chi connectivity index (χ4v) is 2.13. The van der Waals surface area contributed by atoms with Crippen LogP contribution in [0.15, 0.2) is 54.6 Å². The van der Waals surface area contributed by atoms with Gasteiger partial charge in [0.2, 0.25) is 5.91 Å². The highest BCUT2D eigenvalue weighted by Gasteiger charge is 2.06. The summed E-state index contributed by atoms with van der Waals surface area (Å²) in [5, 5.41) is 11.7. The first-order chi connectivity index (χ1) is 11.7. The molecule has 0 saturated heterocycles. The van der Waals surface area contributed by atoms with Gasteiger partial charge in [0.1, 0.15) is 12.4 Å². The average molecular weight is 323 g/mol. The van der Waals surface area contributed by atoms with E-state index < -0.39 is 0 Å². The highest BCUT2D eigenvalue weighted by Crippen LogP contribution is 2.10. The zero-order valence-corrected chi connectivity index (χ0v) is 13.7. The molecule has 0 unspecified atom stereocenters. The first-order valence-corrected chi connectivity index (χ1v) is 7.84. The smallest absolute Gasteiger partial charge is 0.225 e. The fraction of sp³-hybridized carbons (Fsp3) is 0.263. The van der Waals surface area contributed by atoms with Gasteiger partial charge in [-0.05, 0) is 37.4 Å². The highest BCUT2D eigenvalue weighted by molar-refractivity contribution is 5.90. The number of hydrogen-bond donors (Lipinski definition) is 1. The third-order valence-electron chi connectivity index (χ3n) is 3.48. The van der Waals surface area contributed by atoms with Crippen LogP contribution in [0, 0.1) is 11.3 Å². The molecule has 0 aliphatic carbocycles. The van der Waals surface area contributed by atoms with E-state index in [2.05, 4.69) is 11.4 Å². The molecule has 1 amide bonds. The molecule has 0 saturated carbocycles. The lowest BCUT2D eigenvalue weighted by molar-refractivity contribution is -0.116. The number of nitrogens with zero attached hydrogens (tertiary/aromatic N) is 2. The Morgan fingerprint density at radius 2 is 1.96 bits per heavy atom. The summed E-state index contributed by atoms with van der Waals surface area (Å²) in [7, 11) is 1.96. The quantitative estimate of drug-likeness (QED) is 0.811. The van der Waals surface area contributed by atoms with Crippen molar-refractivity contribution >= 4 is 11.6 Å². The van der Waals surface area contributed by atoms with E-state index in [1.165, 1.54) is 0 Å². The summed E-state index contributed by atoms with van der Waals surface area (Å²) in [6.07, 6.45) is 0.388. The normalized spacial score (nSPS) is 10.2. The van der Waals surface area contributed by atoms with Gasteiger partial charge in [-0.2, -0.15) is 5.26 Å². The van der Waals surface area contributed by atoms with E-state index >= 15 is 0 Å². The number of hydrogen-bond acceptors (Lipinski definition) is 4. The Morgan fingerprint density at radius 3 is 2.71 bits per heavy atom. The number of para-hydroxylation sites is 1. The minimum Gasteiger partial charge on any atom is -0.492 e. The molecular formula is C19H21N3O2. The molecule has 0 spiro atoms. The zero-order chi connectivity index (χ0) is 17.2. The van der Waals surface area contributed by atoms with Gasteiger partial charge in [-0.1, -0.05) is 24.3 Å². The van der Waals surface area contributed by atoms with Gasteiger partial charge < -0.3 is 15.0 Å². The Balaban J connectivity index is 1.66. The molecule has 5 heteroatoms. The van der Waals surface area contributed by atoms with Gasteiger partial charge in [0.05, 0.1) is 11.6 Å². The van der Waals surface area contributed by atoms with E-state index in [0.29, 0.717) is 30.8 Å². The second-order valence-electron chi connectivity index (χ2n) is 5.46. The maximum absolute atomic E-state index is 12.0. The molecule has 2 aromatic rings. The average Bonchev–Trinajstić information content (AvgIpc) is 2.61. The molecule has 0 bridgehead atoms. The van der Waals surface area contributed by atoms with E-state index in [9.17, 15) is 4.79 Å². The van der Waals surface area contributed by atoms with Crippen molar-refractivity contribution in [3.05, 3.63) is 60.2 Å². The van der Waals surface area contributed by atoms with Crippen LogP contribution in [0.1, 0.15) is 12.0 Å². The number of carbonyl (C=O) groups is 1. The number of nitrogens with one attached hydrogen (secondary N) is 1. The van der Waals surface area contributed by atoms with E-state index in [1.54, 1.807) is 24.3 Å². The minimum absolute atomic E-state index is 0.0686. The van der Waals surface area contributed by atoms with Gasteiger partial charge in [0.25, 0.3) is 0 Å². The number of amides is 1. The lowest BCUT2D eigenvalue weighted by atomic mass is 10.2. The van der Waals surface area contributed by atoms with Crippen LogP contribution in [-0.2, 0) is 4.79 Å². The number of nitriles is 1. The molecule has 0 atom stereocenters. The lowest BCUT2D eigenvalue weighted by Crippen LogP contribution is -2.28. The van der Waals surface area contributed by atoms with Crippen molar-refractivity contribution in [3.8, 4) is 11.8 Å². The van der Waals surface area contributed by atoms with E-state index in [-0.39, 0.29) is 5.91 Å². The second-order valence-corrected chi connectivity index (χ2v) is 5.46. The fourth-order valence-electron chi connectivity index (χ4n) is 2.13. The number of carbonyl (C=O) groups excluding carboxylic acids is 1. The van der Waals surface area contributed by atoms with Crippen molar-refractivity contribution in [2.24, 2.45) is 0 Å². The van der Waals surface area contributed by atoms with Gasteiger partial charge in [-0.3, -0.25) is 4.79 Å². The van der Waals surface area contributed by atoms with Crippen LogP contribution < -0.4 is 10.1 Å². The molecule has 2 aromatic carbocycles. The van der Waals surface area contributed by atoms with Crippen LogP contribution in [0.4, 0.5) is 5.69 Å². The lowest BCUT2D eigenvalue weighted by Gasteiger charge is -2.16. The van der Waals surface area contributed by atoms with Crippen molar-refractivity contribution in [3.63, 3.8) is 0 Å². The van der Waals surface area contributed by atoms with Crippen LogP contribution in [-0.4, -0.2) is 37.6 Å². The van der Waals surface area contributed by atoms with Crippen LogP contribution in [0.3, 0.4) is 0 Å². The number of ether oxygens (including phenoxy) is 1. The van der Waals surface area contributed by atoms with Gasteiger partial charge >= 0.3 is 0 Å². The maximum Gasteiger partial charge on any atom is 0.225 e. The van der Waals surface area contributed by atoms with Crippen LogP contribution in [0.5, 0.6) is 5.75 Å². The maximum atomic E-state index is 12.0. The predicted octanol–water partition coefficient (Wildman–Crippen LogP) is 2.90. The largest absolute Gasteiger partial charge is 0.492 e. The molecule has 24 heavy (non-hydrogen) atoms. The van der Waals surface area contributed by atoms with Crippen molar-refractivity contribution in [2.75, 3.05) is 32.1 Å². The Morgan fingerprint density at radius 1 is 1.17 bits per heavy atom. The molecular weight excluding hydrogens is 302 g/mol. The third kappa shape index (κ3) is 6.11. The van der Waals surface area contributed by atoms with E-state index in [0.717, 1.165) is 12.3 Å². The summed E-state index contributed by atoms with van der Waals surface area (Å²) in [4.78, 5) is 14.0. The number of likely N-dealkylation sites (N-methyl/N-ethyl adjacent to an activating group) is 1. The van der Waals surface area contributed by atoms with E-state index in [4.69, 9.17) is 10.00 Å². The number of benzene rings is 2. The van der Waals surface area contributed by atoms with Gasteiger partial charge in [-0.15, -0.1) is 0 Å². The monoisotopic (exact) mass is 323 g/mol. The van der Waals surface area contributed by atoms with Crippen LogP contribution in [0.2, 0.25) is 0 Å². The summed E-state index contributed by atoms with van der Waals surface area (Å²) in [5.41, 5.74) is 1.18. The molecule has 1 N–H and O–H groups in total. The molecule has 0 fully saturated rings. The molecule has 0 heterocycles. The summed E-state index contributed by atoms with van der Waals surface area (Å²) >= 11 is 0. The van der Waals surface area contributed by atoms with Crippen LogP contribution in [0.25, 0.3) is 0 Å². The highest BCUT2D eigenvalue weighted by atomic mass is 16.5. The molecule has 124 valence electrons. The van der Waals surface area contributed by atoms with Crippen molar-refractivity contribution in [1.29, 1.82) is 5.26 Å². The van der Waals surface area contributed by atoms with Crippen molar-refractivity contribution in [2.45, 2.75) is 6.42 Å². The standard InChI is InChI=1S/C19H21N3O2/c1-22(12-13-24-18-8-3-2-4-9-18)11-10-19(23)21-17-7-5-6-16(14-17)15-20/h2-9,14H,10-13H2,1H3,(H,21,23). The minimum atomic E-state index is -0.0686. The van der Waals surface area contributed by atoms with Gasteiger partial charge in [-0.25, -0.2) is 0 Å². The summed E-state index contributed by atoms with van der Waals surface area (Å²) in [6, 6.07) is 18.6. The summed E-state index contributed by atoms with van der Waals surface area (Å²) in [6.45, 7) is 1.96. The number of rotatable bonds is 8. The van der Waals surface area contributed by atoms with E-state index in [1.807, 2.05) is 42.3 Å². The Bertz CT molecular complexity index is 695. The van der Waals surface area contributed by atoms with Gasteiger partial charge in [0.15, 0.2) is 0 Å². The molecule has 0 aliphatic heterocycles. The molecule has 0 aliphatic rings.